The lowest BCUT2D eigenvalue weighted by atomic mass is 10.0. The van der Waals surface area contributed by atoms with E-state index in [2.05, 4.69) is 53.0 Å². The number of ether oxygens (including phenoxy) is 1. The number of hydrogen-bond acceptors (Lipinski definition) is 3. The number of para-hydroxylation sites is 1. The van der Waals surface area contributed by atoms with Gasteiger partial charge in [-0.1, -0.05) is 60.7 Å². The molecule has 0 aliphatic heterocycles. The highest BCUT2D eigenvalue weighted by Gasteiger charge is 2.04. The second-order valence-electron chi connectivity index (χ2n) is 5.37. The fourth-order valence-electron chi connectivity index (χ4n) is 2.69. The van der Waals surface area contributed by atoms with E-state index in [0.29, 0.717) is 6.54 Å². The first-order valence-corrected chi connectivity index (χ1v) is 7.67. The molecule has 0 aromatic heterocycles. The van der Waals surface area contributed by atoms with Crippen molar-refractivity contribution in [2.24, 2.45) is 5.10 Å². The lowest BCUT2D eigenvalue weighted by molar-refractivity contribution is 0.408. The second kappa shape index (κ2) is 6.97. The Labute approximate surface area is 136 Å². The summed E-state index contributed by atoms with van der Waals surface area (Å²) in [7, 11) is 1.68. The van der Waals surface area contributed by atoms with Crippen molar-refractivity contribution in [3.63, 3.8) is 0 Å². The molecule has 0 saturated carbocycles. The van der Waals surface area contributed by atoms with Crippen molar-refractivity contribution in [2.75, 3.05) is 7.11 Å². The van der Waals surface area contributed by atoms with E-state index >= 15 is 0 Å². The van der Waals surface area contributed by atoms with Gasteiger partial charge in [0.15, 0.2) is 0 Å². The van der Waals surface area contributed by atoms with Gasteiger partial charge in [-0.3, -0.25) is 0 Å². The molecule has 0 radical (unpaired) electrons. The van der Waals surface area contributed by atoms with E-state index in [1.54, 1.807) is 7.11 Å². The van der Waals surface area contributed by atoms with E-state index in [4.69, 9.17) is 4.74 Å². The number of benzene rings is 3. The standard InChI is InChI=1S/C20H20N2O/c1-15(18-12-7-10-16-8-3-5-11-19(16)18)22-21-14-17-9-4-6-13-20(17)23-2/h3-13,21H,14H2,1-2H3/b22-15-. The predicted octanol–water partition coefficient (Wildman–Crippen LogP) is 4.36. The molecule has 3 heteroatoms. The minimum Gasteiger partial charge on any atom is -0.496 e. The van der Waals surface area contributed by atoms with Crippen molar-refractivity contribution in [2.45, 2.75) is 13.5 Å². The molecule has 0 amide bonds. The topological polar surface area (TPSA) is 33.6 Å². The van der Waals surface area contributed by atoms with Crippen LogP contribution in [0.5, 0.6) is 5.75 Å². The Bertz CT molecular complexity index is 834. The van der Waals surface area contributed by atoms with E-state index in [9.17, 15) is 0 Å². The summed E-state index contributed by atoms with van der Waals surface area (Å²) in [5.74, 6) is 0.873. The third-order valence-electron chi connectivity index (χ3n) is 3.89. The summed E-state index contributed by atoms with van der Waals surface area (Å²) in [6.45, 7) is 2.66. The first kappa shape index (κ1) is 15.1. The molecule has 116 valence electrons. The van der Waals surface area contributed by atoms with Gasteiger partial charge in [0, 0.05) is 11.1 Å². The maximum atomic E-state index is 5.36. The number of rotatable bonds is 5. The van der Waals surface area contributed by atoms with Crippen molar-refractivity contribution in [3.05, 3.63) is 77.9 Å². The lowest BCUT2D eigenvalue weighted by Gasteiger charge is -2.09. The normalized spacial score (nSPS) is 11.5. The molecule has 3 aromatic carbocycles. The zero-order valence-electron chi connectivity index (χ0n) is 13.4. The Kier molecular flexibility index (Phi) is 4.57. The first-order chi connectivity index (χ1) is 11.3. The Morgan fingerprint density at radius 2 is 1.70 bits per heavy atom. The zero-order chi connectivity index (χ0) is 16.1. The number of hydrogen-bond donors (Lipinski definition) is 1. The number of hydrazone groups is 1. The van der Waals surface area contributed by atoms with Crippen molar-refractivity contribution >= 4 is 16.5 Å². The first-order valence-electron chi connectivity index (χ1n) is 7.67. The maximum absolute atomic E-state index is 5.36. The average Bonchev–Trinajstić information content (AvgIpc) is 2.61. The quantitative estimate of drug-likeness (QED) is 0.561. The third kappa shape index (κ3) is 3.34. The van der Waals surface area contributed by atoms with Crippen LogP contribution in [0.25, 0.3) is 10.8 Å². The monoisotopic (exact) mass is 304 g/mol. The second-order valence-corrected chi connectivity index (χ2v) is 5.37. The Hall–Kier alpha value is -2.81. The number of fused-ring (bicyclic) bond motifs is 1. The van der Waals surface area contributed by atoms with E-state index in [0.717, 1.165) is 22.6 Å². The molecule has 3 nitrogen and oxygen atoms in total. The fraction of sp³-hybridized carbons (Fsp3) is 0.150. The number of nitrogens with one attached hydrogen (secondary N) is 1. The van der Waals surface area contributed by atoms with Crippen LogP contribution in [0.15, 0.2) is 71.8 Å². The molecule has 0 unspecified atom stereocenters. The molecular formula is C20H20N2O. The van der Waals surface area contributed by atoms with Gasteiger partial charge in [0.2, 0.25) is 0 Å². The van der Waals surface area contributed by atoms with E-state index in [-0.39, 0.29) is 0 Å². The molecule has 23 heavy (non-hydrogen) atoms. The molecule has 0 spiro atoms. The molecule has 0 bridgehead atoms. The highest BCUT2D eigenvalue weighted by Crippen LogP contribution is 2.19. The summed E-state index contributed by atoms with van der Waals surface area (Å²) >= 11 is 0. The van der Waals surface area contributed by atoms with E-state index in [1.807, 2.05) is 31.2 Å². The van der Waals surface area contributed by atoms with Gasteiger partial charge in [-0.05, 0) is 23.8 Å². The Morgan fingerprint density at radius 3 is 2.57 bits per heavy atom. The minimum atomic E-state index is 0.631. The van der Waals surface area contributed by atoms with Gasteiger partial charge in [0.1, 0.15) is 5.75 Å². The van der Waals surface area contributed by atoms with Crippen LogP contribution >= 0.6 is 0 Å². The molecule has 0 fully saturated rings. The molecule has 3 aromatic rings. The summed E-state index contributed by atoms with van der Waals surface area (Å²) in [5.41, 5.74) is 6.35. The van der Waals surface area contributed by atoms with Crippen molar-refractivity contribution < 1.29 is 4.74 Å². The van der Waals surface area contributed by atoms with Crippen LogP contribution < -0.4 is 10.2 Å². The molecule has 0 heterocycles. The maximum Gasteiger partial charge on any atom is 0.123 e. The molecule has 0 aliphatic carbocycles. The van der Waals surface area contributed by atoms with Crippen molar-refractivity contribution in [1.29, 1.82) is 0 Å². The van der Waals surface area contributed by atoms with Crippen molar-refractivity contribution in [3.8, 4) is 5.75 Å². The molecule has 1 N–H and O–H groups in total. The average molecular weight is 304 g/mol. The van der Waals surface area contributed by atoms with Gasteiger partial charge in [0.25, 0.3) is 0 Å². The number of methoxy groups -OCH3 is 1. The van der Waals surface area contributed by atoms with Crippen molar-refractivity contribution in [1.82, 2.24) is 5.43 Å². The molecule has 3 rings (SSSR count). The van der Waals surface area contributed by atoms with E-state index < -0.39 is 0 Å². The summed E-state index contributed by atoms with van der Waals surface area (Å²) in [4.78, 5) is 0. The minimum absolute atomic E-state index is 0.631. The van der Waals surface area contributed by atoms with E-state index in [1.165, 1.54) is 10.8 Å². The van der Waals surface area contributed by atoms with Gasteiger partial charge in [-0.15, -0.1) is 0 Å². The third-order valence-corrected chi connectivity index (χ3v) is 3.89. The van der Waals surface area contributed by atoms with Crippen LogP contribution in [0, 0.1) is 0 Å². The van der Waals surface area contributed by atoms with Gasteiger partial charge >= 0.3 is 0 Å². The molecule has 0 aliphatic rings. The van der Waals surface area contributed by atoms with Gasteiger partial charge < -0.3 is 10.2 Å². The van der Waals surface area contributed by atoms with Crippen LogP contribution in [-0.2, 0) is 6.54 Å². The summed E-state index contributed by atoms with van der Waals surface area (Å²) in [6, 6.07) is 22.6. The van der Waals surface area contributed by atoms with Gasteiger partial charge in [-0.2, -0.15) is 5.10 Å². The highest BCUT2D eigenvalue weighted by molar-refractivity contribution is 6.09. The van der Waals surface area contributed by atoms with Crippen LogP contribution in [0.1, 0.15) is 18.1 Å². The van der Waals surface area contributed by atoms with Crippen LogP contribution in [0.2, 0.25) is 0 Å². The number of nitrogens with zero attached hydrogens (tertiary/aromatic N) is 1. The van der Waals surface area contributed by atoms with Crippen LogP contribution in [0.3, 0.4) is 0 Å². The Morgan fingerprint density at radius 1 is 0.957 bits per heavy atom. The SMILES string of the molecule is COc1ccccc1CN/N=C(/C)c1cccc2ccccc12. The van der Waals surface area contributed by atoms with Crippen LogP contribution in [0.4, 0.5) is 0 Å². The van der Waals surface area contributed by atoms with Crippen LogP contribution in [-0.4, -0.2) is 12.8 Å². The van der Waals surface area contributed by atoms with Gasteiger partial charge in [-0.25, -0.2) is 0 Å². The Balaban J connectivity index is 1.79. The largest absolute Gasteiger partial charge is 0.496 e. The van der Waals surface area contributed by atoms with Gasteiger partial charge in [0.05, 0.1) is 19.4 Å². The molecule has 0 saturated heterocycles. The smallest absolute Gasteiger partial charge is 0.123 e. The summed E-state index contributed by atoms with van der Waals surface area (Å²) in [6.07, 6.45) is 0. The molecule has 0 atom stereocenters. The fourth-order valence-corrected chi connectivity index (χ4v) is 2.69. The summed E-state index contributed by atoms with van der Waals surface area (Å²) < 4.78 is 5.36. The summed E-state index contributed by atoms with van der Waals surface area (Å²) in [5, 5.41) is 6.97. The zero-order valence-corrected chi connectivity index (χ0v) is 13.4. The lowest BCUT2D eigenvalue weighted by Crippen LogP contribution is -2.10. The predicted molar refractivity (Wildman–Crippen MR) is 96.0 cm³/mol. The highest BCUT2D eigenvalue weighted by atomic mass is 16.5. The molecular weight excluding hydrogens is 284 g/mol.